The maximum absolute atomic E-state index is 11.0. The van der Waals surface area contributed by atoms with E-state index in [4.69, 9.17) is 9.47 Å². The summed E-state index contributed by atoms with van der Waals surface area (Å²) in [6, 6.07) is 16.4. The molecule has 0 saturated heterocycles. The highest BCUT2D eigenvalue weighted by molar-refractivity contribution is 5.43. The zero-order valence-electron chi connectivity index (χ0n) is 17.2. The van der Waals surface area contributed by atoms with Gasteiger partial charge in [-0.25, -0.2) is 0 Å². The van der Waals surface area contributed by atoms with Gasteiger partial charge in [0, 0.05) is 12.1 Å². The molecule has 4 heteroatoms. The molecule has 2 atom stereocenters. The summed E-state index contributed by atoms with van der Waals surface area (Å²) in [5.74, 6) is 2.92. The largest absolute Gasteiger partial charge is 0.493 e. The van der Waals surface area contributed by atoms with E-state index in [1.165, 1.54) is 24.8 Å². The summed E-state index contributed by atoms with van der Waals surface area (Å²) in [6.45, 7) is 1.32. The number of ether oxygens (including phenoxy) is 2. The third-order valence-corrected chi connectivity index (χ3v) is 7.16. The quantitative estimate of drug-likeness (QED) is 0.730. The van der Waals surface area contributed by atoms with Crippen LogP contribution in [0.2, 0.25) is 0 Å². The maximum Gasteiger partial charge on any atom is 0.161 e. The van der Waals surface area contributed by atoms with E-state index in [0.717, 1.165) is 42.9 Å². The minimum atomic E-state index is -0.427. The molecule has 154 valence electrons. The molecule has 4 bridgehead atoms. The Hall–Kier alpha value is -2.04. The molecule has 0 heterocycles. The predicted octanol–water partition coefficient (Wildman–Crippen LogP) is 4.45. The van der Waals surface area contributed by atoms with E-state index < -0.39 is 5.60 Å². The van der Waals surface area contributed by atoms with Crippen molar-refractivity contribution in [2.75, 3.05) is 7.11 Å². The Morgan fingerprint density at radius 2 is 1.72 bits per heavy atom. The fourth-order valence-corrected chi connectivity index (χ4v) is 6.39. The van der Waals surface area contributed by atoms with Crippen LogP contribution < -0.4 is 14.8 Å². The van der Waals surface area contributed by atoms with Gasteiger partial charge in [-0.2, -0.15) is 0 Å². The minimum Gasteiger partial charge on any atom is -0.493 e. The lowest BCUT2D eigenvalue weighted by Gasteiger charge is -2.60. The molecule has 6 rings (SSSR count). The molecule has 29 heavy (non-hydrogen) atoms. The lowest BCUT2D eigenvalue weighted by Crippen LogP contribution is -2.64. The second kappa shape index (κ2) is 7.33. The molecular formula is C25H31NO3. The van der Waals surface area contributed by atoms with Gasteiger partial charge in [-0.15, -0.1) is 0 Å². The van der Waals surface area contributed by atoms with Crippen molar-refractivity contribution in [2.45, 2.75) is 62.8 Å². The van der Waals surface area contributed by atoms with E-state index in [1.54, 1.807) is 7.11 Å². The summed E-state index contributed by atoms with van der Waals surface area (Å²) in [4.78, 5) is 0. The number of methoxy groups -OCH3 is 1. The first-order valence-corrected chi connectivity index (χ1v) is 10.9. The molecule has 2 aromatic rings. The summed E-state index contributed by atoms with van der Waals surface area (Å²) >= 11 is 0. The van der Waals surface area contributed by atoms with Gasteiger partial charge >= 0.3 is 0 Å². The maximum atomic E-state index is 11.0. The summed E-state index contributed by atoms with van der Waals surface area (Å²) in [5.41, 5.74) is 2.01. The SMILES string of the molecule is COc1cc(CNC23CC4CC(CC(O)(C4)C2)C3)ccc1OCc1ccccc1. The molecule has 4 fully saturated rings. The number of nitrogens with one attached hydrogen (secondary N) is 1. The van der Waals surface area contributed by atoms with Crippen molar-refractivity contribution in [1.82, 2.24) is 5.32 Å². The zero-order chi connectivity index (χ0) is 19.9. The van der Waals surface area contributed by atoms with E-state index in [0.29, 0.717) is 18.4 Å². The Kier molecular flexibility index (Phi) is 4.79. The Labute approximate surface area is 173 Å². The van der Waals surface area contributed by atoms with Crippen LogP contribution in [-0.2, 0) is 13.2 Å². The van der Waals surface area contributed by atoms with Crippen molar-refractivity contribution in [3.05, 3.63) is 59.7 Å². The molecule has 0 spiro atoms. The lowest BCUT2D eigenvalue weighted by molar-refractivity contribution is -0.142. The van der Waals surface area contributed by atoms with E-state index in [-0.39, 0.29) is 5.54 Å². The molecular weight excluding hydrogens is 362 g/mol. The van der Waals surface area contributed by atoms with Crippen LogP contribution in [0.4, 0.5) is 0 Å². The normalized spacial score (nSPS) is 32.3. The van der Waals surface area contributed by atoms with E-state index >= 15 is 0 Å². The van der Waals surface area contributed by atoms with E-state index in [9.17, 15) is 5.11 Å². The number of benzene rings is 2. The van der Waals surface area contributed by atoms with Gasteiger partial charge in [-0.3, -0.25) is 0 Å². The van der Waals surface area contributed by atoms with Crippen LogP contribution in [0.3, 0.4) is 0 Å². The number of aliphatic hydroxyl groups is 1. The highest BCUT2D eigenvalue weighted by Crippen LogP contribution is 2.57. The molecule has 2 N–H and O–H groups in total. The smallest absolute Gasteiger partial charge is 0.161 e. The van der Waals surface area contributed by atoms with Crippen LogP contribution in [0.25, 0.3) is 0 Å². The molecule has 0 aromatic heterocycles. The third kappa shape index (κ3) is 3.88. The molecule has 2 aromatic carbocycles. The molecule has 4 aliphatic rings. The van der Waals surface area contributed by atoms with Crippen LogP contribution >= 0.6 is 0 Å². The van der Waals surface area contributed by atoms with Crippen LogP contribution in [-0.4, -0.2) is 23.4 Å². The van der Waals surface area contributed by atoms with Crippen LogP contribution in [0.1, 0.15) is 49.7 Å². The van der Waals surface area contributed by atoms with Gasteiger partial charge in [0.15, 0.2) is 11.5 Å². The third-order valence-electron chi connectivity index (χ3n) is 7.16. The number of rotatable bonds is 7. The van der Waals surface area contributed by atoms with Crippen molar-refractivity contribution in [2.24, 2.45) is 11.8 Å². The van der Waals surface area contributed by atoms with Crippen LogP contribution in [0.5, 0.6) is 11.5 Å². The Bertz CT molecular complexity index is 852. The molecule has 4 nitrogen and oxygen atoms in total. The fourth-order valence-electron chi connectivity index (χ4n) is 6.39. The molecule has 0 aliphatic heterocycles. The van der Waals surface area contributed by atoms with Gasteiger partial charge in [-0.1, -0.05) is 36.4 Å². The minimum absolute atomic E-state index is 0.106. The highest BCUT2D eigenvalue weighted by Gasteiger charge is 2.56. The van der Waals surface area contributed by atoms with Gasteiger partial charge < -0.3 is 19.9 Å². The van der Waals surface area contributed by atoms with Crippen molar-refractivity contribution in [3.63, 3.8) is 0 Å². The summed E-state index contributed by atoms with van der Waals surface area (Å²) < 4.78 is 11.6. The first-order chi connectivity index (χ1) is 14.0. The van der Waals surface area contributed by atoms with E-state index in [2.05, 4.69) is 29.6 Å². The first kappa shape index (κ1) is 19.0. The molecule has 4 saturated carbocycles. The summed E-state index contributed by atoms with van der Waals surface area (Å²) in [7, 11) is 1.69. The van der Waals surface area contributed by atoms with Gasteiger partial charge in [-0.05, 0) is 73.6 Å². The monoisotopic (exact) mass is 393 g/mol. The molecule has 0 amide bonds. The lowest BCUT2D eigenvalue weighted by atomic mass is 9.51. The van der Waals surface area contributed by atoms with E-state index in [1.807, 2.05) is 24.3 Å². The fraction of sp³-hybridized carbons (Fsp3) is 0.520. The Balaban J connectivity index is 1.25. The second-order valence-corrected chi connectivity index (χ2v) is 9.58. The Morgan fingerprint density at radius 3 is 2.41 bits per heavy atom. The molecule has 4 aliphatic carbocycles. The van der Waals surface area contributed by atoms with Crippen molar-refractivity contribution >= 4 is 0 Å². The van der Waals surface area contributed by atoms with Gasteiger partial charge in [0.25, 0.3) is 0 Å². The first-order valence-electron chi connectivity index (χ1n) is 10.9. The number of hydrogen-bond donors (Lipinski definition) is 2. The van der Waals surface area contributed by atoms with Gasteiger partial charge in [0.05, 0.1) is 12.7 Å². The van der Waals surface area contributed by atoms with Crippen molar-refractivity contribution < 1.29 is 14.6 Å². The second-order valence-electron chi connectivity index (χ2n) is 9.58. The standard InChI is InChI=1S/C25H31NO3/c1-28-23-10-19(7-8-22(23)29-16-18-5-3-2-4-6-18)15-26-24-11-20-9-21(12-24)14-25(27,13-20)17-24/h2-8,10,20-21,26-27H,9,11-17H2,1H3. The average Bonchev–Trinajstić information content (AvgIpc) is 2.70. The summed E-state index contributed by atoms with van der Waals surface area (Å²) in [5, 5.41) is 14.8. The van der Waals surface area contributed by atoms with Crippen LogP contribution in [0, 0.1) is 11.8 Å². The molecule has 2 unspecified atom stereocenters. The predicted molar refractivity (Wildman–Crippen MR) is 113 cm³/mol. The zero-order valence-corrected chi connectivity index (χ0v) is 17.2. The Morgan fingerprint density at radius 1 is 0.966 bits per heavy atom. The van der Waals surface area contributed by atoms with Crippen molar-refractivity contribution in [1.29, 1.82) is 0 Å². The molecule has 0 radical (unpaired) electrons. The summed E-state index contributed by atoms with van der Waals surface area (Å²) in [6.07, 6.45) is 6.65. The van der Waals surface area contributed by atoms with Crippen LogP contribution in [0.15, 0.2) is 48.5 Å². The topological polar surface area (TPSA) is 50.7 Å². The van der Waals surface area contributed by atoms with Gasteiger partial charge in [0.1, 0.15) is 6.61 Å². The number of hydrogen-bond acceptors (Lipinski definition) is 4. The highest BCUT2D eigenvalue weighted by atomic mass is 16.5. The van der Waals surface area contributed by atoms with Gasteiger partial charge in [0.2, 0.25) is 0 Å². The van der Waals surface area contributed by atoms with Crippen molar-refractivity contribution in [3.8, 4) is 11.5 Å². The average molecular weight is 394 g/mol.